The molecule has 2 heterocycles. The van der Waals surface area contributed by atoms with Gasteiger partial charge in [0.2, 0.25) is 0 Å². The molecular formula is C20H26ClN5O5. The molecule has 1 saturated heterocycles. The Balaban J connectivity index is 1.70. The number of halogens is 1. The van der Waals surface area contributed by atoms with Crippen molar-refractivity contribution < 1.29 is 23.8 Å². The van der Waals surface area contributed by atoms with Crippen LogP contribution in [-0.2, 0) is 9.47 Å². The predicted octanol–water partition coefficient (Wildman–Crippen LogP) is 3.03. The van der Waals surface area contributed by atoms with Crippen LogP contribution in [0.3, 0.4) is 0 Å². The summed E-state index contributed by atoms with van der Waals surface area (Å²) in [6.07, 6.45) is -0.799. The average molecular weight is 452 g/mol. The Bertz CT molecular complexity index is 928. The van der Waals surface area contributed by atoms with Gasteiger partial charge in [0.25, 0.3) is 5.88 Å². The molecule has 3 amide bonds. The number of benzene rings is 1. The number of nitrogens with one attached hydrogen (secondary N) is 1. The fourth-order valence-corrected chi connectivity index (χ4v) is 3.16. The Morgan fingerprint density at radius 1 is 1.32 bits per heavy atom. The number of amides is 3. The number of aromatic nitrogens is 2. The summed E-state index contributed by atoms with van der Waals surface area (Å²) in [5, 5.41) is 6.92. The van der Waals surface area contributed by atoms with Crippen molar-refractivity contribution in [1.82, 2.24) is 14.7 Å². The lowest BCUT2D eigenvalue weighted by atomic mass is 10.2. The molecule has 0 spiro atoms. The van der Waals surface area contributed by atoms with Crippen LogP contribution in [0, 0.1) is 0 Å². The lowest BCUT2D eigenvalue weighted by Crippen LogP contribution is -2.49. The lowest BCUT2D eigenvalue weighted by molar-refractivity contribution is -0.0561. The van der Waals surface area contributed by atoms with E-state index in [-0.39, 0.29) is 23.3 Å². The first-order chi connectivity index (χ1) is 14.6. The summed E-state index contributed by atoms with van der Waals surface area (Å²) in [7, 11) is 0. The molecule has 10 nitrogen and oxygen atoms in total. The fraction of sp³-hybridized carbons (Fsp3) is 0.450. The third-order valence-corrected chi connectivity index (χ3v) is 4.58. The largest absolute Gasteiger partial charge is 0.473 e. The second kappa shape index (κ2) is 9.44. The Kier molecular flexibility index (Phi) is 6.91. The van der Waals surface area contributed by atoms with Crippen LogP contribution in [0.4, 0.5) is 15.4 Å². The molecule has 1 aliphatic heterocycles. The van der Waals surface area contributed by atoms with E-state index in [0.29, 0.717) is 25.4 Å². The summed E-state index contributed by atoms with van der Waals surface area (Å²) in [6, 6.07) is 8.30. The highest BCUT2D eigenvalue weighted by atomic mass is 35.5. The fourth-order valence-electron chi connectivity index (χ4n) is 2.94. The summed E-state index contributed by atoms with van der Waals surface area (Å²) in [4.78, 5) is 25.3. The van der Waals surface area contributed by atoms with Gasteiger partial charge >= 0.3 is 12.1 Å². The zero-order valence-electron chi connectivity index (χ0n) is 17.6. The van der Waals surface area contributed by atoms with Crippen LogP contribution < -0.4 is 15.8 Å². The third kappa shape index (κ3) is 6.02. The smallest absolute Gasteiger partial charge is 0.410 e. The van der Waals surface area contributed by atoms with Gasteiger partial charge in [0.15, 0.2) is 5.82 Å². The molecule has 3 N–H and O–H groups in total. The highest BCUT2D eigenvalue weighted by molar-refractivity contribution is 6.34. The first-order valence-corrected chi connectivity index (χ1v) is 10.1. The Morgan fingerprint density at radius 2 is 2.03 bits per heavy atom. The number of nitrogens with two attached hydrogens (primary N) is 1. The van der Waals surface area contributed by atoms with Crippen molar-refractivity contribution in [3.05, 3.63) is 35.4 Å². The van der Waals surface area contributed by atoms with Crippen molar-refractivity contribution in [3.8, 4) is 11.6 Å². The van der Waals surface area contributed by atoms with Gasteiger partial charge in [0.05, 0.1) is 18.8 Å². The zero-order valence-corrected chi connectivity index (χ0v) is 18.4. The van der Waals surface area contributed by atoms with Crippen molar-refractivity contribution in [1.29, 1.82) is 0 Å². The molecule has 1 aliphatic rings. The number of para-hydroxylation sites is 1. The number of primary amides is 1. The van der Waals surface area contributed by atoms with Crippen LogP contribution in [-0.4, -0.2) is 64.8 Å². The molecule has 3 rings (SSSR count). The number of urea groups is 1. The van der Waals surface area contributed by atoms with Crippen molar-refractivity contribution in [2.75, 3.05) is 31.6 Å². The van der Waals surface area contributed by atoms with Crippen LogP contribution in [0.25, 0.3) is 5.69 Å². The monoisotopic (exact) mass is 451 g/mol. The molecule has 2 aromatic rings. The number of rotatable bonds is 5. The first-order valence-electron chi connectivity index (χ1n) is 9.77. The van der Waals surface area contributed by atoms with E-state index in [0.717, 1.165) is 0 Å². The van der Waals surface area contributed by atoms with Crippen molar-refractivity contribution in [2.45, 2.75) is 32.5 Å². The molecule has 0 bridgehead atoms. The summed E-state index contributed by atoms with van der Waals surface area (Å²) >= 11 is 6.39. The standard InChI is InChI=1S/C20H26ClN5O5/c1-20(2,3)31-19(28)25-9-10-29-14(11-25)12-30-17-15(21)16(23-18(22)27)26(24-17)13-7-5-4-6-8-13/h4-8,14H,9-12H2,1-3H3,(H3,22,23,27)/t14-/m1/s1. The van der Waals surface area contributed by atoms with Gasteiger partial charge in [0, 0.05) is 6.54 Å². The molecule has 168 valence electrons. The molecule has 1 fully saturated rings. The number of carbonyl (C=O) groups is 2. The number of carbonyl (C=O) groups excluding carboxylic acids is 2. The molecule has 0 saturated carbocycles. The number of ether oxygens (including phenoxy) is 3. The minimum atomic E-state index is -0.783. The van der Waals surface area contributed by atoms with E-state index in [1.165, 1.54) is 4.68 Å². The van der Waals surface area contributed by atoms with Crippen LogP contribution in [0.1, 0.15) is 20.8 Å². The van der Waals surface area contributed by atoms with Crippen LogP contribution >= 0.6 is 11.6 Å². The molecule has 1 aromatic carbocycles. The van der Waals surface area contributed by atoms with Gasteiger partial charge in [0.1, 0.15) is 23.3 Å². The SMILES string of the molecule is CC(C)(C)OC(=O)N1CCO[C@@H](COc2nn(-c3ccccc3)c(NC(N)=O)c2Cl)C1. The number of hydrogen-bond acceptors (Lipinski definition) is 6. The maximum atomic E-state index is 12.3. The van der Waals surface area contributed by atoms with Gasteiger partial charge in [-0.1, -0.05) is 29.8 Å². The normalized spacial score (nSPS) is 16.6. The molecule has 1 aromatic heterocycles. The summed E-state index contributed by atoms with van der Waals surface area (Å²) in [6.45, 7) is 6.63. The zero-order chi connectivity index (χ0) is 22.6. The van der Waals surface area contributed by atoms with E-state index in [1.807, 2.05) is 39.0 Å². The van der Waals surface area contributed by atoms with E-state index < -0.39 is 23.8 Å². The summed E-state index contributed by atoms with van der Waals surface area (Å²) < 4.78 is 18.3. The van der Waals surface area contributed by atoms with E-state index in [9.17, 15) is 9.59 Å². The van der Waals surface area contributed by atoms with Gasteiger partial charge in [-0.2, -0.15) is 0 Å². The molecule has 0 radical (unpaired) electrons. The van der Waals surface area contributed by atoms with Crippen LogP contribution in [0.15, 0.2) is 30.3 Å². The van der Waals surface area contributed by atoms with Crippen molar-refractivity contribution in [3.63, 3.8) is 0 Å². The second-order valence-electron chi connectivity index (χ2n) is 7.93. The molecule has 1 atom stereocenters. The summed E-state index contributed by atoms with van der Waals surface area (Å²) in [5.74, 6) is 0.294. The number of nitrogens with zero attached hydrogens (tertiary/aromatic N) is 3. The molecule has 0 unspecified atom stereocenters. The van der Waals surface area contributed by atoms with Crippen molar-refractivity contribution in [2.24, 2.45) is 5.73 Å². The Labute approximate surface area is 185 Å². The van der Waals surface area contributed by atoms with Crippen LogP contribution in [0.5, 0.6) is 5.88 Å². The predicted molar refractivity (Wildman–Crippen MR) is 115 cm³/mol. The topological polar surface area (TPSA) is 121 Å². The maximum Gasteiger partial charge on any atom is 0.410 e. The molecule has 31 heavy (non-hydrogen) atoms. The van der Waals surface area contributed by atoms with Crippen LogP contribution in [0.2, 0.25) is 5.02 Å². The van der Waals surface area contributed by atoms with Gasteiger partial charge in [-0.05, 0) is 32.9 Å². The quantitative estimate of drug-likeness (QED) is 0.720. The lowest BCUT2D eigenvalue weighted by Gasteiger charge is -2.33. The highest BCUT2D eigenvalue weighted by Crippen LogP contribution is 2.34. The van der Waals surface area contributed by atoms with E-state index >= 15 is 0 Å². The maximum absolute atomic E-state index is 12.3. The Hall–Kier alpha value is -2.98. The Morgan fingerprint density at radius 3 is 2.68 bits per heavy atom. The highest BCUT2D eigenvalue weighted by Gasteiger charge is 2.29. The van der Waals surface area contributed by atoms with Gasteiger partial charge in [-0.15, -0.1) is 5.10 Å². The first kappa shape index (κ1) is 22.7. The van der Waals surface area contributed by atoms with E-state index in [2.05, 4.69) is 10.4 Å². The van der Waals surface area contributed by atoms with E-state index in [4.69, 9.17) is 31.5 Å². The molecular weight excluding hydrogens is 426 g/mol. The molecule has 11 heteroatoms. The van der Waals surface area contributed by atoms with Gasteiger partial charge in [-0.3, -0.25) is 5.32 Å². The van der Waals surface area contributed by atoms with Gasteiger partial charge < -0.3 is 24.8 Å². The molecule has 0 aliphatic carbocycles. The van der Waals surface area contributed by atoms with E-state index in [1.54, 1.807) is 17.0 Å². The average Bonchev–Trinajstić information content (AvgIpc) is 3.01. The minimum Gasteiger partial charge on any atom is -0.473 e. The third-order valence-electron chi connectivity index (χ3n) is 4.24. The van der Waals surface area contributed by atoms with Gasteiger partial charge in [-0.25, -0.2) is 14.3 Å². The second-order valence-corrected chi connectivity index (χ2v) is 8.31. The van der Waals surface area contributed by atoms with Crippen molar-refractivity contribution >= 4 is 29.5 Å². The summed E-state index contributed by atoms with van der Waals surface area (Å²) in [5.41, 5.74) is 5.35. The number of morpholine rings is 1. The number of anilines is 1. The minimum absolute atomic E-state index is 0.0980. The number of hydrogen-bond donors (Lipinski definition) is 2.